The van der Waals surface area contributed by atoms with Gasteiger partial charge in [-0.1, -0.05) is 23.2 Å². The molecule has 0 aromatic heterocycles. The Bertz CT molecular complexity index is 641. The highest BCUT2D eigenvalue weighted by Crippen LogP contribution is 2.33. The van der Waals surface area contributed by atoms with E-state index < -0.39 is 9.05 Å². The monoisotopic (exact) mass is 357 g/mol. The van der Waals surface area contributed by atoms with Crippen molar-refractivity contribution in [2.75, 3.05) is 26.3 Å². The first kappa shape index (κ1) is 15.9. The molecule has 0 spiro atoms. The molecule has 1 aromatic rings. The van der Waals surface area contributed by atoms with Crippen LogP contribution in [0.3, 0.4) is 0 Å². The van der Waals surface area contributed by atoms with Gasteiger partial charge in [-0.25, -0.2) is 8.42 Å². The molecule has 2 rings (SSSR count). The molecule has 0 radical (unpaired) electrons. The Hall–Kier alpha value is -0.530. The standard InChI is InChI=1S/C11H10Cl3NO4S/c12-8-5-7(6-9(10(8)13)20(14,17)18)11(16)15-1-3-19-4-2-15/h5-6H,1-4H2. The van der Waals surface area contributed by atoms with E-state index in [1.807, 2.05) is 0 Å². The third-order valence-electron chi connectivity index (χ3n) is 2.80. The fraction of sp³-hybridized carbons (Fsp3) is 0.364. The number of carbonyl (C=O) groups is 1. The van der Waals surface area contributed by atoms with E-state index in [1.165, 1.54) is 6.07 Å². The lowest BCUT2D eigenvalue weighted by molar-refractivity contribution is 0.0302. The number of hydrogen-bond donors (Lipinski definition) is 0. The molecule has 0 aliphatic carbocycles. The SMILES string of the molecule is O=C(c1cc(Cl)c(Cl)c(S(=O)(=O)Cl)c1)N1CCOCC1. The molecule has 1 aromatic carbocycles. The van der Waals surface area contributed by atoms with E-state index in [0.29, 0.717) is 26.3 Å². The lowest BCUT2D eigenvalue weighted by atomic mass is 10.2. The van der Waals surface area contributed by atoms with Gasteiger partial charge in [-0.3, -0.25) is 4.79 Å². The topological polar surface area (TPSA) is 63.7 Å². The molecule has 1 fully saturated rings. The molecule has 1 saturated heterocycles. The predicted molar refractivity (Wildman–Crippen MR) is 76.2 cm³/mol. The minimum Gasteiger partial charge on any atom is -0.378 e. The number of benzene rings is 1. The van der Waals surface area contributed by atoms with E-state index >= 15 is 0 Å². The fourth-order valence-electron chi connectivity index (χ4n) is 1.81. The summed E-state index contributed by atoms with van der Waals surface area (Å²) in [4.78, 5) is 13.5. The summed E-state index contributed by atoms with van der Waals surface area (Å²) in [6.45, 7) is 1.74. The average Bonchev–Trinajstić information content (AvgIpc) is 2.40. The maximum absolute atomic E-state index is 12.3. The van der Waals surface area contributed by atoms with E-state index in [1.54, 1.807) is 4.90 Å². The second-order valence-corrected chi connectivity index (χ2v) is 7.43. The molecule has 110 valence electrons. The van der Waals surface area contributed by atoms with Crippen LogP contribution in [0.2, 0.25) is 10.0 Å². The third kappa shape index (κ3) is 3.38. The summed E-state index contributed by atoms with van der Waals surface area (Å²) in [6.07, 6.45) is 0. The van der Waals surface area contributed by atoms with Crippen molar-refractivity contribution in [1.29, 1.82) is 0 Å². The summed E-state index contributed by atoms with van der Waals surface area (Å²) in [5, 5.41) is -0.231. The van der Waals surface area contributed by atoms with Gasteiger partial charge in [0.05, 0.1) is 23.3 Å². The lowest BCUT2D eigenvalue weighted by Crippen LogP contribution is -2.40. The maximum Gasteiger partial charge on any atom is 0.262 e. The molecule has 0 saturated carbocycles. The van der Waals surface area contributed by atoms with Crippen LogP contribution in [0.4, 0.5) is 0 Å². The normalized spacial score (nSPS) is 16.2. The van der Waals surface area contributed by atoms with E-state index in [2.05, 4.69) is 0 Å². The first-order valence-corrected chi connectivity index (χ1v) is 8.68. The van der Waals surface area contributed by atoms with E-state index in [0.717, 1.165) is 6.07 Å². The molecule has 1 heterocycles. The Morgan fingerprint density at radius 2 is 1.80 bits per heavy atom. The molecule has 0 unspecified atom stereocenters. The van der Waals surface area contributed by atoms with Crippen LogP contribution in [-0.4, -0.2) is 45.5 Å². The maximum atomic E-state index is 12.3. The van der Waals surface area contributed by atoms with Gasteiger partial charge in [-0.2, -0.15) is 0 Å². The quantitative estimate of drug-likeness (QED) is 0.762. The molecule has 20 heavy (non-hydrogen) atoms. The Morgan fingerprint density at radius 3 is 2.35 bits per heavy atom. The second-order valence-electron chi connectivity index (χ2n) is 4.11. The highest BCUT2D eigenvalue weighted by molar-refractivity contribution is 8.13. The molecule has 1 aliphatic heterocycles. The predicted octanol–water partition coefficient (Wildman–Crippen LogP) is 2.39. The van der Waals surface area contributed by atoms with Gasteiger partial charge in [0.2, 0.25) is 0 Å². The first-order chi connectivity index (χ1) is 9.30. The Labute approximate surface area is 130 Å². The largest absolute Gasteiger partial charge is 0.378 e. The van der Waals surface area contributed by atoms with Crippen LogP contribution < -0.4 is 0 Å². The van der Waals surface area contributed by atoms with Crippen LogP contribution in [-0.2, 0) is 13.8 Å². The van der Waals surface area contributed by atoms with Gasteiger partial charge in [0.25, 0.3) is 15.0 Å². The van der Waals surface area contributed by atoms with Crippen molar-refractivity contribution in [2.45, 2.75) is 4.90 Å². The summed E-state index contributed by atoms with van der Waals surface area (Å²) < 4.78 is 28.0. The van der Waals surface area contributed by atoms with E-state index in [9.17, 15) is 13.2 Å². The average molecular weight is 359 g/mol. The molecule has 0 N–H and O–H groups in total. The second kappa shape index (κ2) is 6.07. The number of halogens is 3. The van der Waals surface area contributed by atoms with Crippen LogP contribution in [0.15, 0.2) is 17.0 Å². The van der Waals surface area contributed by atoms with Crippen molar-refractivity contribution >= 4 is 48.8 Å². The highest BCUT2D eigenvalue weighted by Gasteiger charge is 2.24. The van der Waals surface area contributed by atoms with Crippen molar-refractivity contribution in [1.82, 2.24) is 4.90 Å². The molecule has 0 bridgehead atoms. The van der Waals surface area contributed by atoms with Crippen molar-refractivity contribution < 1.29 is 17.9 Å². The van der Waals surface area contributed by atoms with Crippen molar-refractivity contribution in [3.63, 3.8) is 0 Å². The van der Waals surface area contributed by atoms with Crippen LogP contribution in [0.25, 0.3) is 0 Å². The number of rotatable bonds is 2. The fourth-order valence-corrected chi connectivity index (χ4v) is 3.58. The number of morpholine rings is 1. The van der Waals surface area contributed by atoms with Crippen LogP contribution in [0, 0.1) is 0 Å². The highest BCUT2D eigenvalue weighted by atomic mass is 35.7. The number of hydrogen-bond acceptors (Lipinski definition) is 4. The molecule has 1 amide bonds. The Balaban J connectivity index is 2.42. The summed E-state index contributed by atoms with van der Waals surface area (Å²) in [5.74, 6) is -0.339. The third-order valence-corrected chi connectivity index (χ3v) is 5.06. The molecular weight excluding hydrogens is 349 g/mol. The van der Waals surface area contributed by atoms with Crippen LogP contribution >= 0.6 is 33.9 Å². The van der Waals surface area contributed by atoms with Crippen LogP contribution in [0.1, 0.15) is 10.4 Å². The van der Waals surface area contributed by atoms with E-state index in [4.69, 9.17) is 38.6 Å². The smallest absolute Gasteiger partial charge is 0.262 e. The van der Waals surface area contributed by atoms with Crippen molar-refractivity contribution in [3.8, 4) is 0 Å². The molecule has 5 nitrogen and oxygen atoms in total. The van der Waals surface area contributed by atoms with Crippen molar-refractivity contribution in [3.05, 3.63) is 27.7 Å². The van der Waals surface area contributed by atoms with Crippen molar-refractivity contribution in [2.24, 2.45) is 0 Å². The zero-order valence-corrected chi connectivity index (χ0v) is 13.2. The summed E-state index contributed by atoms with van der Waals surface area (Å²) in [7, 11) is 1.20. The van der Waals surface area contributed by atoms with Gasteiger partial charge in [0, 0.05) is 29.3 Å². The minimum atomic E-state index is -4.08. The zero-order valence-electron chi connectivity index (χ0n) is 10.1. The molecule has 1 aliphatic rings. The number of nitrogens with zero attached hydrogens (tertiary/aromatic N) is 1. The molecule has 0 atom stereocenters. The summed E-state index contributed by atoms with van der Waals surface area (Å²) in [6, 6.07) is 2.46. The molecule has 9 heteroatoms. The van der Waals surface area contributed by atoms with Gasteiger partial charge in [0.15, 0.2) is 0 Å². The van der Waals surface area contributed by atoms with Gasteiger partial charge in [0.1, 0.15) is 4.90 Å². The minimum absolute atomic E-state index is 0.0370. The molecular formula is C11H10Cl3NO4S. The van der Waals surface area contributed by atoms with Gasteiger partial charge in [-0.05, 0) is 12.1 Å². The van der Waals surface area contributed by atoms with Gasteiger partial charge >= 0.3 is 0 Å². The van der Waals surface area contributed by atoms with Gasteiger partial charge < -0.3 is 9.64 Å². The number of ether oxygens (including phenoxy) is 1. The Morgan fingerprint density at radius 1 is 1.20 bits per heavy atom. The van der Waals surface area contributed by atoms with Gasteiger partial charge in [-0.15, -0.1) is 0 Å². The van der Waals surface area contributed by atoms with E-state index in [-0.39, 0.29) is 26.4 Å². The number of carbonyl (C=O) groups excluding carboxylic acids is 1. The summed E-state index contributed by atoms with van der Waals surface area (Å²) in [5.41, 5.74) is 0.125. The van der Waals surface area contributed by atoms with Crippen LogP contribution in [0.5, 0.6) is 0 Å². The summed E-state index contributed by atoms with van der Waals surface area (Å²) >= 11 is 11.7. The lowest BCUT2D eigenvalue weighted by Gasteiger charge is -2.27. The number of amides is 1. The first-order valence-electron chi connectivity index (χ1n) is 5.61. The Kier molecular flexibility index (Phi) is 4.81. The zero-order chi connectivity index (χ0) is 14.9.